The molecule has 2 aromatic carbocycles. The number of piperidine rings is 1. The van der Waals surface area contributed by atoms with Crippen LogP contribution >= 0.6 is 23.1 Å². The van der Waals surface area contributed by atoms with Crippen molar-refractivity contribution in [1.29, 1.82) is 0 Å². The first kappa shape index (κ1) is 24.9. The lowest BCUT2D eigenvalue weighted by atomic mass is 9.82. The van der Waals surface area contributed by atoms with E-state index >= 15 is 0 Å². The normalized spacial score (nSPS) is 22.8. The molecule has 2 fully saturated rings. The minimum atomic E-state index is -0.726. The topological polar surface area (TPSA) is 88.9 Å². The van der Waals surface area contributed by atoms with E-state index in [0.29, 0.717) is 34.4 Å². The number of fused-ring (bicyclic) bond motifs is 2. The van der Waals surface area contributed by atoms with Crippen molar-refractivity contribution in [2.24, 2.45) is 5.92 Å². The molecule has 0 radical (unpaired) electrons. The molecule has 1 aromatic heterocycles. The maximum atomic E-state index is 13.9. The fourth-order valence-corrected chi connectivity index (χ4v) is 8.49. The zero-order valence-electron chi connectivity index (χ0n) is 20.9. The molecule has 0 saturated carbocycles. The van der Waals surface area contributed by atoms with Gasteiger partial charge in [0.05, 0.1) is 23.7 Å². The lowest BCUT2D eigenvalue weighted by Crippen LogP contribution is -2.39. The predicted molar refractivity (Wildman–Crippen MR) is 146 cm³/mol. The number of amides is 3. The van der Waals surface area contributed by atoms with Crippen LogP contribution in [0.5, 0.6) is 5.75 Å². The number of aromatic nitrogens is 1. The van der Waals surface area contributed by atoms with E-state index in [1.807, 2.05) is 35.2 Å². The molecule has 38 heavy (non-hydrogen) atoms. The van der Waals surface area contributed by atoms with Crippen molar-refractivity contribution in [2.45, 2.75) is 42.0 Å². The van der Waals surface area contributed by atoms with Gasteiger partial charge in [0.1, 0.15) is 17.5 Å². The summed E-state index contributed by atoms with van der Waals surface area (Å²) in [5.74, 6) is -1.37. The number of imide groups is 1. The number of hydrogen-bond acceptors (Lipinski definition) is 7. The molecule has 3 aliphatic rings. The molecule has 4 heterocycles. The summed E-state index contributed by atoms with van der Waals surface area (Å²) in [7, 11) is 1.57. The second-order valence-electron chi connectivity index (χ2n) is 9.70. The Bertz CT molecular complexity index is 1460. The number of rotatable bonds is 5. The van der Waals surface area contributed by atoms with E-state index in [1.165, 1.54) is 21.2 Å². The molecular formula is C28H27N3O5S2. The Balaban J connectivity index is 1.46. The summed E-state index contributed by atoms with van der Waals surface area (Å²) >= 11 is 2.29. The predicted octanol–water partition coefficient (Wildman–Crippen LogP) is 3.73. The van der Waals surface area contributed by atoms with E-state index in [2.05, 4.69) is 0 Å². The maximum absolute atomic E-state index is 13.9. The third kappa shape index (κ3) is 4.06. The molecule has 10 heteroatoms. The fourth-order valence-electron chi connectivity index (χ4n) is 5.72. The van der Waals surface area contributed by atoms with E-state index in [9.17, 15) is 19.2 Å². The number of thiazole rings is 1. The first-order valence-corrected chi connectivity index (χ1v) is 14.4. The molecule has 3 atom stereocenters. The largest absolute Gasteiger partial charge is 0.496 e. The molecule has 8 nitrogen and oxygen atoms in total. The summed E-state index contributed by atoms with van der Waals surface area (Å²) in [5.41, 5.74) is 1.27. The first-order valence-electron chi connectivity index (χ1n) is 12.7. The molecule has 0 spiro atoms. The van der Waals surface area contributed by atoms with Crippen molar-refractivity contribution < 1.29 is 19.1 Å². The lowest BCUT2D eigenvalue weighted by molar-refractivity contribution is -0.133. The van der Waals surface area contributed by atoms with Gasteiger partial charge in [-0.3, -0.25) is 23.7 Å². The van der Waals surface area contributed by atoms with Gasteiger partial charge >= 0.3 is 4.87 Å². The van der Waals surface area contributed by atoms with Crippen LogP contribution in [0.3, 0.4) is 0 Å². The van der Waals surface area contributed by atoms with E-state index in [0.717, 1.165) is 36.2 Å². The molecule has 0 bridgehead atoms. The number of anilines is 1. The van der Waals surface area contributed by atoms with Crippen LogP contribution in [0.25, 0.3) is 0 Å². The Kier molecular flexibility index (Phi) is 6.61. The molecule has 3 amide bonds. The second-order valence-corrected chi connectivity index (χ2v) is 11.8. The van der Waals surface area contributed by atoms with E-state index in [1.54, 1.807) is 31.4 Å². The third-order valence-electron chi connectivity index (χ3n) is 7.54. The molecule has 3 aliphatic heterocycles. The van der Waals surface area contributed by atoms with Crippen LogP contribution in [0.2, 0.25) is 0 Å². The van der Waals surface area contributed by atoms with Crippen LogP contribution in [0.15, 0.2) is 64.4 Å². The number of likely N-dealkylation sites (tertiary alicyclic amines) is 1. The van der Waals surface area contributed by atoms with Crippen molar-refractivity contribution >= 4 is 46.5 Å². The molecule has 2 unspecified atom stereocenters. The van der Waals surface area contributed by atoms with Gasteiger partial charge in [0, 0.05) is 29.4 Å². The SMILES string of the molecule is COc1ccccc1[C@H]1c2sc(=O)n(CC(=O)N3CCCCC3)c2SC2C(=O)N(c3ccccc3)C(=O)C21. The summed E-state index contributed by atoms with van der Waals surface area (Å²) in [6.45, 7) is 1.32. The number of thioether (sulfide) groups is 1. The van der Waals surface area contributed by atoms with Crippen molar-refractivity contribution in [3.8, 4) is 5.75 Å². The van der Waals surface area contributed by atoms with Crippen LogP contribution in [-0.2, 0) is 20.9 Å². The Morgan fingerprint density at radius 3 is 2.39 bits per heavy atom. The molecule has 3 aromatic rings. The van der Waals surface area contributed by atoms with Crippen molar-refractivity contribution in [3.05, 3.63) is 74.7 Å². The van der Waals surface area contributed by atoms with Crippen molar-refractivity contribution in [1.82, 2.24) is 9.47 Å². The third-order valence-corrected chi connectivity index (χ3v) is 10.1. The van der Waals surface area contributed by atoms with Gasteiger partial charge in [-0.1, -0.05) is 59.5 Å². The van der Waals surface area contributed by atoms with Gasteiger partial charge in [0.15, 0.2) is 0 Å². The van der Waals surface area contributed by atoms with E-state index < -0.39 is 17.1 Å². The Labute approximate surface area is 228 Å². The standard InChI is InChI=1S/C28H27N3O5S2/c1-36-19-13-7-6-12-18(19)21-22-23(26(34)31(25(22)33)17-10-4-2-5-11-17)37-27-24(21)38-28(35)30(27)16-20(32)29-14-8-3-9-15-29/h2,4-7,10-13,21-23H,3,8-9,14-16H2,1H3/t21-,22?,23?/m1/s1. The van der Waals surface area contributed by atoms with Gasteiger partial charge in [0.2, 0.25) is 17.7 Å². The minimum absolute atomic E-state index is 0.0712. The zero-order chi connectivity index (χ0) is 26.4. The Morgan fingerprint density at radius 2 is 1.66 bits per heavy atom. The van der Waals surface area contributed by atoms with Gasteiger partial charge in [-0.25, -0.2) is 4.90 Å². The molecule has 2 saturated heterocycles. The number of carbonyl (C=O) groups is 3. The average Bonchev–Trinajstić information content (AvgIpc) is 3.40. The zero-order valence-corrected chi connectivity index (χ0v) is 22.5. The highest BCUT2D eigenvalue weighted by molar-refractivity contribution is 8.00. The van der Waals surface area contributed by atoms with E-state index in [-0.39, 0.29) is 29.1 Å². The molecule has 6 rings (SSSR count). The number of para-hydroxylation sites is 2. The smallest absolute Gasteiger partial charge is 0.308 e. The van der Waals surface area contributed by atoms with Crippen LogP contribution in [-0.4, -0.2) is 52.6 Å². The summed E-state index contributed by atoms with van der Waals surface area (Å²) in [6, 6.07) is 16.3. The number of ether oxygens (including phenoxy) is 1. The molecular weight excluding hydrogens is 522 g/mol. The van der Waals surface area contributed by atoms with Gasteiger partial charge in [-0.2, -0.15) is 0 Å². The molecule has 0 N–H and O–H groups in total. The number of hydrogen-bond donors (Lipinski definition) is 0. The summed E-state index contributed by atoms with van der Waals surface area (Å²) in [5, 5.41) is -0.131. The molecule has 0 aliphatic carbocycles. The summed E-state index contributed by atoms with van der Waals surface area (Å²) in [4.78, 5) is 57.7. The van der Waals surface area contributed by atoms with Gasteiger partial charge in [-0.15, -0.1) is 0 Å². The van der Waals surface area contributed by atoms with Gasteiger partial charge < -0.3 is 9.64 Å². The second kappa shape index (κ2) is 10.1. The average molecular weight is 550 g/mol. The highest BCUT2D eigenvalue weighted by Crippen LogP contribution is 2.55. The summed E-state index contributed by atoms with van der Waals surface area (Å²) < 4.78 is 7.16. The highest BCUT2D eigenvalue weighted by Gasteiger charge is 2.57. The van der Waals surface area contributed by atoms with Crippen LogP contribution in [0.4, 0.5) is 5.69 Å². The first-order chi connectivity index (χ1) is 18.5. The van der Waals surface area contributed by atoms with Gasteiger partial charge in [-0.05, 0) is 37.5 Å². The van der Waals surface area contributed by atoms with Crippen molar-refractivity contribution in [2.75, 3.05) is 25.1 Å². The lowest BCUT2D eigenvalue weighted by Gasteiger charge is -2.32. The van der Waals surface area contributed by atoms with Gasteiger partial charge in [0.25, 0.3) is 0 Å². The van der Waals surface area contributed by atoms with Crippen molar-refractivity contribution in [3.63, 3.8) is 0 Å². The number of carbonyl (C=O) groups excluding carboxylic acids is 3. The van der Waals surface area contributed by atoms with E-state index in [4.69, 9.17) is 4.74 Å². The maximum Gasteiger partial charge on any atom is 0.308 e. The highest BCUT2D eigenvalue weighted by atomic mass is 32.2. The molecule has 196 valence electrons. The fraction of sp³-hybridized carbons (Fsp3) is 0.357. The Morgan fingerprint density at radius 1 is 0.947 bits per heavy atom. The Hall–Kier alpha value is -3.37. The number of nitrogens with zero attached hydrogens (tertiary/aromatic N) is 3. The minimum Gasteiger partial charge on any atom is -0.496 e. The van der Waals surface area contributed by atoms with Crippen LogP contribution in [0.1, 0.15) is 35.6 Å². The quantitative estimate of drug-likeness (QED) is 0.451. The monoisotopic (exact) mass is 549 g/mol. The number of methoxy groups -OCH3 is 1. The van der Waals surface area contributed by atoms with Crippen LogP contribution in [0, 0.1) is 5.92 Å². The number of benzene rings is 2. The van der Waals surface area contributed by atoms with Crippen LogP contribution < -0.4 is 14.5 Å². The summed E-state index contributed by atoms with van der Waals surface area (Å²) in [6.07, 6.45) is 3.02.